The summed E-state index contributed by atoms with van der Waals surface area (Å²) >= 11 is 0. The first kappa shape index (κ1) is 20.5. The number of aliphatic hydroxyl groups excluding tert-OH is 1. The van der Waals surface area contributed by atoms with Crippen LogP contribution in [0, 0.1) is 0 Å². The van der Waals surface area contributed by atoms with Crippen LogP contribution in [0.15, 0.2) is 29.5 Å². The molecule has 10 nitrogen and oxygen atoms in total. The summed E-state index contributed by atoms with van der Waals surface area (Å²) < 4.78 is 35.0. The highest BCUT2D eigenvalue weighted by atomic mass is 32.2. The highest BCUT2D eigenvalue weighted by Crippen LogP contribution is 2.30. The number of methoxy groups -OCH3 is 2. The first-order valence-corrected chi connectivity index (χ1v) is 9.73. The molecule has 1 amide bonds. The van der Waals surface area contributed by atoms with E-state index in [9.17, 15) is 18.0 Å². The molecule has 0 aliphatic carbocycles. The van der Waals surface area contributed by atoms with E-state index < -0.39 is 21.9 Å². The molecule has 1 aliphatic heterocycles. The Morgan fingerprint density at radius 1 is 1.33 bits per heavy atom. The van der Waals surface area contributed by atoms with Crippen LogP contribution in [0.25, 0.3) is 0 Å². The van der Waals surface area contributed by atoms with Crippen molar-refractivity contribution in [1.82, 2.24) is 4.90 Å². The maximum Gasteiger partial charge on any atom is 0.337 e. The molecule has 0 bridgehead atoms. The summed E-state index contributed by atoms with van der Waals surface area (Å²) in [4.78, 5) is 25.8. The van der Waals surface area contributed by atoms with Crippen molar-refractivity contribution in [3.63, 3.8) is 0 Å². The summed E-state index contributed by atoms with van der Waals surface area (Å²) in [5.74, 6) is -0.890. The molecule has 3 N–H and O–H groups in total. The molecule has 1 aromatic carbocycles. The van der Waals surface area contributed by atoms with Gasteiger partial charge in [-0.2, -0.15) is 0 Å². The van der Waals surface area contributed by atoms with Crippen LogP contribution in [-0.2, 0) is 24.3 Å². The molecule has 1 aliphatic rings. The van der Waals surface area contributed by atoms with Crippen LogP contribution in [0.4, 0.5) is 11.4 Å². The number of anilines is 2. The van der Waals surface area contributed by atoms with E-state index in [0.717, 1.165) is 6.26 Å². The fourth-order valence-electron chi connectivity index (χ4n) is 2.55. The van der Waals surface area contributed by atoms with Crippen LogP contribution in [0.3, 0.4) is 0 Å². The molecule has 0 saturated carbocycles. The van der Waals surface area contributed by atoms with Crippen LogP contribution < -0.4 is 14.8 Å². The molecule has 0 aromatic heterocycles. The summed E-state index contributed by atoms with van der Waals surface area (Å²) in [7, 11) is -0.917. The summed E-state index contributed by atoms with van der Waals surface area (Å²) in [6.07, 6.45) is 1.01. The Bertz CT molecular complexity index is 880. The minimum Gasteiger partial charge on any atom is -0.494 e. The van der Waals surface area contributed by atoms with E-state index in [1.54, 1.807) is 0 Å². The van der Waals surface area contributed by atoms with E-state index in [-0.39, 0.29) is 42.4 Å². The number of hydrogen-bond donors (Lipinski definition) is 3. The molecule has 27 heavy (non-hydrogen) atoms. The first-order chi connectivity index (χ1) is 12.7. The molecule has 148 valence electrons. The van der Waals surface area contributed by atoms with Gasteiger partial charge in [-0.25, -0.2) is 13.2 Å². The smallest absolute Gasteiger partial charge is 0.337 e. The van der Waals surface area contributed by atoms with Crippen molar-refractivity contribution in [3.8, 4) is 5.75 Å². The van der Waals surface area contributed by atoms with Gasteiger partial charge in [-0.15, -0.1) is 0 Å². The molecular formula is C16H21N3O7S. The zero-order valence-electron chi connectivity index (χ0n) is 15.1. The maximum absolute atomic E-state index is 12.5. The van der Waals surface area contributed by atoms with Crippen molar-refractivity contribution in [3.05, 3.63) is 29.5 Å². The number of hydrogen-bond acceptors (Lipinski definition) is 8. The van der Waals surface area contributed by atoms with Gasteiger partial charge < -0.3 is 24.8 Å². The molecule has 0 unspecified atom stereocenters. The van der Waals surface area contributed by atoms with Crippen molar-refractivity contribution < 1.29 is 32.6 Å². The average molecular weight is 399 g/mol. The minimum atomic E-state index is -3.50. The van der Waals surface area contributed by atoms with E-state index in [1.807, 2.05) is 0 Å². The second-order valence-corrected chi connectivity index (χ2v) is 7.46. The van der Waals surface area contributed by atoms with Crippen LogP contribution in [0.2, 0.25) is 0 Å². The van der Waals surface area contributed by atoms with Gasteiger partial charge in [-0.1, -0.05) is 0 Å². The monoisotopic (exact) mass is 399 g/mol. The van der Waals surface area contributed by atoms with Crippen molar-refractivity contribution >= 4 is 33.3 Å². The molecule has 0 fully saturated rings. The van der Waals surface area contributed by atoms with E-state index in [0.29, 0.717) is 5.69 Å². The van der Waals surface area contributed by atoms with Gasteiger partial charge in [0.15, 0.2) is 0 Å². The van der Waals surface area contributed by atoms with Gasteiger partial charge in [0.05, 0.1) is 44.9 Å². The van der Waals surface area contributed by atoms with Crippen molar-refractivity contribution in [2.45, 2.75) is 0 Å². The lowest BCUT2D eigenvalue weighted by molar-refractivity contribution is -0.136. The van der Waals surface area contributed by atoms with Gasteiger partial charge in [0.2, 0.25) is 10.0 Å². The number of β-amino-alcohol motifs (C(OH)–C–C–N with tert-alkyl or cyclic N) is 1. The van der Waals surface area contributed by atoms with Gasteiger partial charge in [-0.05, 0) is 12.1 Å². The second kappa shape index (κ2) is 8.27. The number of rotatable bonds is 8. The Morgan fingerprint density at radius 3 is 2.59 bits per heavy atom. The fraction of sp³-hybridized carbons (Fsp3) is 0.375. The summed E-state index contributed by atoms with van der Waals surface area (Å²) in [5, 5.41) is 11.9. The number of nitrogens with zero attached hydrogens (tertiary/aromatic N) is 1. The molecule has 0 saturated heterocycles. The molecule has 0 atom stereocenters. The zero-order chi connectivity index (χ0) is 20.2. The third kappa shape index (κ3) is 4.89. The number of aliphatic hydroxyl groups is 1. The molecule has 1 heterocycles. The molecule has 2 rings (SSSR count). The number of carbonyl (C=O) groups is 2. The van der Waals surface area contributed by atoms with Gasteiger partial charge >= 0.3 is 5.97 Å². The number of carbonyl (C=O) groups excluding carboxylic acids is 2. The van der Waals surface area contributed by atoms with E-state index in [2.05, 4.69) is 10.0 Å². The van der Waals surface area contributed by atoms with Gasteiger partial charge in [-0.3, -0.25) is 9.52 Å². The predicted molar refractivity (Wildman–Crippen MR) is 97.8 cm³/mol. The molecule has 0 spiro atoms. The minimum absolute atomic E-state index is 0.0131. The van der Waals surface area contributed by atoms with E-state index in [1.165, 1.54) is 37.3 Å². The van der Waals surface area contributed by atoms with Crippen LogP contribution in [0.1, 0.15) is 0 Å². The average Bonchev–Trinajstić information content (AvgIpc) is 2.91. The SMILES string of the molecule is COC(=O)C1=C(Nc2ccc(NS(C)(=O)=O)c(OC)c2)C(=O)N(CCO)C1. The molecule has 0 radical (unpaired) electrons. The fourth-order valence-corrected chi connectivity index (χ4v) is 3.11. The predicted octanol–water partition coefficient (Wildman–Crippen LogP) is -0.260. The maximum atomic E-state index is 12.5. The number of amides is 1. The Morgan fingerprint density at radius 2 is 2.04 bits per heavy atom. The van der Waals surface area contributed by atoms with Gasteiger partial charge in [0, 0.05) is 18.3 Å². The number of nitrogens with one attached hydrogen (secondary N) is 2. The Labute approximate surface area is 156 Å². The largest absolute Gasteiger partial charge is 0.494 e. The van der Waals surface area contributed by atoms with Crippen molar-refractivity contribution in [1.29, 1.82) is 0 Å². The lowest BCUT2D eigenvalue weighted by Gasteiger charge is -2.16. The van der Waals surface area contributed by atoms with Crippen LogP contribution in [0.5, 0.6) is 5.75 Å². The normalized spacial score (nSPS) is 14.4. The van der Waals surface area contributed by atoms with Gasteiger partial charge in [0.1, 0.15) is 11.4 Å². The summed E-state index contributed by atoms with van der Waals surface area (Å²) in [6, 6.07) is 4.48. The van der Waals surface area contributed by atoms with Crippen LogP contribution in [-0.4, -0.2) is 70.5 Å². The number of ether oxygens (including phenoxy) is 2. The molecule has 1 aromatic rings. The lowest BCUT2D eigenvalue weighted by Crippen LogP contribution is -2.31. The van der Waals surface area contributed by atoms with E-state index >= 15 is 0 Å². The van der Waals surface area contributed by atoms with Crippen molar-refractivity contribution in [2.75, 3.05) is 50.2 Å². The molecular weight excluding hydrogens is 378 g/mol. The highest BCUT2D eigenvalue weighted by Gasteiger charge is 2.34. The van der Waals surface area contributed by atoms with Crippen LogP contribution >= 0.6 is 0 Å². The third-order valence-electron chi connectivity index (χ3n) is 3.72. The quantitative estimate of drug-likeness (QED) is 0.509. The van der Waals surface area contributed by atoms with Gasteiger partial charge in [0.25, 0.3) is 5.91 Å². The lowest BCUT2D eigenvalue weighted by atomic mass is 10.2. The topological polar surface area (TPSA) is 134 Å². The Balaban J connectivity index is 2.35. The third-order valence-corrected chi connectivity index (χ3v) is 4.31. The number of benzene rings is 1. The summed E-state index contributed by atoms with van der Waals surface area (Å²) in [6.45, 7) is -0.155. The Kier molecular flexibility index (Phi) is 6.28. The summed E-state index contributed by atoms with van der Waals surface area (Å²) in [5.41, 5.74) is 0.795. The second-order valence-electron chi connectivity index (χ2n) is 5.71. The Hall–Kier alpha value is -2.79. The highest BCUT2D eigenvalue weighted by molar-refractivity contribution is 7.92. The van der Waals surface area contributed by atoms with E-state index in [4.69, 9.17) is 14.6 Å². The number of sulfonamides is 1. The zero-order valence-corrected chi connectivity index (χ0v) is 15.9. The van der Waals surface area contributed by atoms with Crippen molar-refractivity contribution in [2.24, 2.45) is 0 Å². The standard InChI is InChI=1S/C16H21N3O7S/c1-25-13-8-10(4-5-12(13)18-27(3,23)24)17-14-11(16(22)26-2)9-19(6-7-20)15(14)21/h4-5,8,17-18,20H,6-7,9H2,1-3H3. The molecule has 11 heteroatoms. The number of esters is 1. The first-order valence-electron chi connectivity index (χ1n) is 7.84.